The molecule has 21 heavy (non-hydrogen) atoms. The minimum atomic E-state index is 0.290. The highest BCUT2D eigenvalue weighted by atomic mass is 35.5. The first-order chi connectivity index (χ1) is 9.88. The van der Waals surface area contributed by atoms with Crippen molar-refractivity contribution in [1.29, 1.82) is 0 Å². The Labute approximate surface area is 133 Å². The highest BCUT2D eigenvalue weighted by Gasteiger charge is 2.13. The normalized spacial score (nSPS) is 14.0. The van der Waals surface area contributed by atoms with Crippen molar-refractivity contribution in [1.82, 2.24) is 5.32 Å². The van der Waals surface area contributed by atoms with Crippen molar-refractivity contribution in [2.24, 2.45) is 0 Å². The minimum absolute atomic E-state index is 0.290. The summed E-state index contributed by atoms with van der Waals surface area (Å²) in [6.07, 6.45) is 0. The lowest BCUT2D eigenvalue weighted by Gasteiger charge is -2.23. The van der Waals surface area contributed by atoms with Crippen LogP contribution in [0, 0.1) is 20.8 Å². The molecule has 0 saturated heterocycles. The largest absolute Gasteiger partial charge is 0.304 e. The van der Waals surface area contributed by atoms with Crippen LogP contribution in [-0.2, 0) is 0 Å². The molecule has 0 radical (unpaired) electrons. The Morgan fingerprint density at radius 1 is 0.810 bits per heavy atom. The molecule has 0 saturated carbocycles. The van der Waals surface area contributed by atoms with E-state index in [2.05, 4.69) is 64.2 Å². The second-order valence-electron chi connectivity index (χ2n) is 5.95. The summed E-state index contributed by atoms with van der Waals surface area (Å²) in [5.74, 6) is 0. The maximum absolute atomic E-state index is 5.95. The van der Waals surface area contributed by atoms with Crippen LogP contribution in [0.1, 0.15) is 53.7 Å². The molecule has 2 heteroatoms. The minimum Gasteiger partial charge on any atom is -0.304 e. The molecular weight excluding hydrogens is 278 g/mol. The molecule has 0 amide bonds. The summed E-state index contributed by atoms with van der Waals surface area (Å²) in [7, 11) is 0. The molecule has 2 aromatic carbocycles. The average Bonchev–Trinajstić information content (AvgIpc) is 2.43. The molecule has 2 aromatic rings. The van der Waals surface area contributed by atoms with Crippen molar-refractivity contribution in [2.75, 3.05) is 0 Å². The van der Waals surface area contributed by atoms with E-state index in [0.717, 1.165) is 5.02 Å². The molecule has 0 bridgehead atoms. The average molecular weight is 302 g/mol. The Kier molecular flexibility index (Phi) is 5.08. The van der Waals surface area contributed by atoms with Crippen LogP contribution in [0.4, 0.5) is 0 Å². The highest BCUT2D eigenvalue weighted by Crippen LogP contribution is 2.25. The first kappa shape index (κ1) is 16.1. The van der Waals surface area contributed by atoms with Gasteiger partial charge in [0, 0.05) is 17.1 Å². The van der Waals surface area contributed by atoms with Gasteiger partial charge in [-0.05, 0) is 74.6 Å². The van der Waals surface area contributed by atoms with E-state index >= 15 is 0 Å². The number of benzene rings is 2. The van der Waals surface area contributed by atoms with Crippen molar-refractivity contribution in [3.05, 3.63) is 69.2 Å². The molecule has 1 nitrogen and oxygen atoms in total. The smallest absolute Gasteiger partial charge is 0.0406 e. The standard InChI is InChI=1S/C19H24ClN/c1-12-10-14(3)19(11-13(12)2)16(5)21-15(4)17-6-8-18(20)9-7-17/h6-11,15-16,21H,1-5H3. The number of aryl methyl sites for hydroxylation is 3. The fraction of sp³-hybridized carbons (Fsp3) is 0.368. The second kappa shape index (κ2) is 6.64. The predicted molar refractivity (Wildman–Crippen MR) is 92.1 cm³/mol. The quantitative estimate of drug-likeness (QED) is 0.766. The van der Waals surface area contributed by atoms with Crippen LogP contribution in [0.25, 0.3) is 0 Å². The molecule has 0 heterocycles. The molecule has 2 unspecified atom stereocenters. The molecule has 0 aliphatic carbocycles. The highest BCUT2D eigenvalue weighted by molar-refractivity contribution is 6.30. The van der Waals surface area contributed by atoms with E-state index in [9.17, 15) is 0 Å². The molecule has 1 N–H and O–H groups in total. The van der Waals surface area contributed by atoms with Crippen LogP contribution in [0.3, 0.4) is 0 Å². The van der Waals surface area contributed by atoms with Crippen LogP contribution < -0.4 is 5.32 Å². The summed E-state index contributed by atoms with van der Waals surface area (Å²) in [4.78, 5) is 0. The van der Waals surface area contributed by atoms with E-state index < -0.39 is 0 Å². The van der Waals surface area contributed by atoms with Crippen LogP contribution in [-0.4, -0.2) is 0 Å². The number of nitrogens with one attached hydrogen (secondary N) is 1. The van der Waals surface area contributed by atoms with Crippen molar-refractivity contribution in [3.8, 4) is 0 Å². The number of rotatable bonds is 4. The topological polar surface area (TPSA) is 12.0 Å². The van der Waals surface area contributed by atoms with Crippen molar-refractivity contribution in [3.63, 3.8) is 0 Å². The zero-order chi connectivity index (χ0) is 15.6. The lowest BCUT2D eigenvalue weighted by Crippen LogP contribution is -2.23. The Morgan fingerprint density at radius 2 is 1.38 bits per heavy atom. The van der Waals surface area contributed by atoms with Crippen LogP contribution in [0.2, 0.25) is 5.02 Å². The summed E-state index contributed by atoms with van der Waals surface area (Å²) in [6, 6.07) is 13.2. The van der Waals surface area contributed by atoms with E-state index in [1.807, 2.05) is 12.1 Å². The van der Waals surface area contributed by atoms with Crippen molar-refractivity contribution >= 4 is 11.6 Å². The predicted octanol–water partition coefficient (Wildman–Crippen LogP) is 5.68. The first-order valence-corrected chi connectivity index (χ1v) is 7.85. The summed E-state index contributed by atoms with van der Waals surface area (Å²) in [6.45, 7) is 10.9. The molecule has 2 rings (SSSR count). The van der Waals surface area contributed by atoms with Gasteiger partial charge in [0.25, 0.3) is 0 Å². The second-order valence-corrected chi connectivity index (χ2v) is 6.39. The van der Waals surface area contributed by atoms with Gasteiger partial charge in [0.2, 0.25) is 0 Å². The van der Waals surface area contributed by atoms with Crippen LogP contribution >= 0.6 is 11.6 Å². The van der Waals surface area contributed by atoms with Gasteiger partial charge in [-0.1, -0.05) is 35.9 Å². The van der Waals surface area contributed by atoms with E-state index in [1.54, 1.807) is 0 Å². The van der Waals surface area contributed by atoms with Crippen LogP contribution in [0.5, 0.6) is 0 Å². The molecular formula is C19H24ClN. The summed E-state index contributed by atoms with van der Waals surface area (Å²) in [5.41, 5.74) is 6.69. The lowest BCUT2D eigenvalue weighted by molar-refractivity contribution is 0.493. The van der Waals surface area contributed by atoms with Gasteiger partial charge < -0.3 is 5.32 Å². The molecule has 0 fully saturated rings. The van der Waals surface area contributed by atoms with Gasteiger partial charge in [0.15, 0.2) is 0 Å². The monoisotopic (exact) mass is 301 g/mol. The Hall–Kier alpha value is -1.31. The van der Waals surface area contributed by atoms with Crippen LogP contribution in [0.15, 0.2) is 36.4 Å². The Morgan fingerprint density at radius 3 is 2.00 bits per heavy atom. The zero-order valence-electron chi connectivity index (χ0n) is 13.5. The van der Waals surface area contributed by atoms with Gasteiger partial charge in [0.05, 0.1) is 0 Å². The third kappa shape index (κ3) is 3.87. The van der Waals surface area contributed by atoms with Gasteiger partial charge in [0.1, 0.15) is 0 Å². The molecule has 2 atom stereocenters. The molecule has 112 valence electrons. The van der Waals surface area contributed by atoms with Gasteiger partial charge >= 0.3 is 0 Å². The van der Waals surface area contributed by atoms with E-state index in [4.69, 9.17) is 11.6 Å². The summed E-state index contributed by atoms with van der Waals surface area (Å²) in [5, 5.41) is 4.46. The van der Waals surface area contributed by atoms with E-state index in [0.29, 0.717) is 12.1 Å². The SMILES string of the molecule is Cc1cc(C)c(C(C)NC(C)c2ccc(Cl)cc2)cc1C. The van der Waals surface area contributed by atoms with Gasteiger partial charge in [-0.25, -0.2) is 0 Å². The fourth-order valence-corrected chi connectivity index (χ4v) is 2.89. The first-order valence-electron chi connectivity index (χ1n) is 7.47. The number of halogens is 1. The maximum atomic E-state index is 5.95. The Balaban J connectivity index is 2.15. The molecule has 0 aliphatic heterocycles. The maximum Gasteiger partial charge on any atom is 0.0406 e. The van der Waals surface area contributed by atoms with Crippen molar-refractivity contribution in [2.45, 2.75) is 46.7 Å². The van der Waals surface area contributed by atoms with Gasteiger partial charge in [-0.15, -0.1) is 0 Å². The molecule has 0 aromatic heterocycles. The van der Waals surface area contributed by atoms with E-state index in [-0.39, 0.29) is 0 Å². The third-order valence-corrected chi connectivity index (χ3v) is 4.47. The number of hydrogen-bond donors (Lipinski definition) is 1. The van der Waals surface area contributed by atoms with E-state index in [1.165, 1.54) is 27.8 Å². The zero-order valence-corrected chi connectivity index (χ0v) is 14.3. The lowest BCUT2D eigenvalue weighted by atomic mass is 9.95. The Bertz CT molecular complexity index is 616. The summed E-state index contributed by atoms with van der Waals surface area (Å²) >= 11 is 5.95. The van der Waals surface area contributed by atoms with Gasteiger partial charge in [-0.3, -0.25) is 0 Å². The third-order valence-electron chi connectivity index (χ3n) is 4.22. The summed E-state index contributed by atoms with van der Waals surface area (Å²) < 4.78 is 0. The number of hydrogen-bond acceptors (Lipinski definition) is 1. The van der Waals surface area contributed by atoms with Crippen molar-refractivity contribution < 1.29 is 0 Å². The molecule has 0 aliphatic rings. The van der Waals surface area contributed by atoms with Gasteiger partial charge in [-0.2, -0.15) is 0 Å². The molecule has 0 spiro atoms. The fourth-order valence-electron chi connectivity index (χ4n) is 2.76.